The lowest BCUT2D eigenvalue weighted by atomic mass is 9.99. The molecule has 5 saturated heterocycles. The number of rotatable bonds is 21. The topological polar surface area (TPSA) is 657 Å². The van der Waals surface area contributed by atoms with Gasteiger partial charge in [0.1, 0.15) is 54.9 Å². The maximum Gasteiger partial charge on any atom is 0.371 e. The van der Waals surface area contributed by atoms with Crippen molar-refractivity contribution in [2.45, 2.75) is 255 Å². The SMILES string of the molecule is CCOC(=O)C(O)c1cn([C@@H]2O[C@H](CC)C(C)[C@@H]2O[Si](C)(C)C(C)(C)C)c(=O)[nH]c1=O.CCOC(=O)C=O.CC[C@H]1O[C@@H](n2cc(Br)c(=O)[nH]c2=O)[C@@H](O[Si](C)(C)C(C)(C)C)C1C.COC(=O)C(O)c1cn([C@@H]2O[C@H](CO)C(O)[C@@H]2O)c(=O)[nH]c1=O.O=c1[nH]c(=O)n([C@@H]2O[C@H](CO)C(O)[C@@H]2O)cc1Br.O=c1ccn([C@@H]2O[C@H](CO)C(O)[C@@H]2O)c(=O)[nH]1. The summed E-state index contributed by atoms with van der Waals surface area (Å²) >= 11 is 6.14. The first-order valence-corrected chi connectivity index (χ1v) is 45.5. The van der Waals surface area contributed by atoms with E-state index in [0.717, 1.165) is 53.7 Å². The maximum atomic E-state index is 12.7. The zero-order valence-electron chi connectivity index (χ0n) is 69.4. The number of ether oxygens (including phenoxy) is 8. The van der Waals surface area contributed by atoms with Gasteiger partial charge < -0.3 is 103 Å². The minimum atomic E-state index is -2.21. The molecule has 10 heterocycles. The number of hydrogen-bond acceptors (Lipinski definition) is 35. The Bertz CT molecular complexity index is 4970. The number of aliphatic hydroxyl groups is 11. The summed E-state index contributed by atoms with van der Waals surface area (Å²) in [6.45, 7) is 31.8. The van der Waals surface area contributed by atoms with Gasteiger partial charge in [0.25, 0.3) is 27.8 Å². The van der Waals surface area contributed by atoms with Gasteiger partial charge in [-0.05, 0) is 94.8 Å². The quantitative estimate of drug-likeness (QED) is 0.0117. The van der Waals surface area contributed by atoms with Crippen LogP contribution in [0.15, 0.2) is 93.9 Å². The highest BCUT2D eigenvalue weighted by Gasteiger charge is 2.52. The molecule has 0 radical (unpaired) electrons. The second-order valence-corrected chi connectivity index (χ2v) is 42.5. The van der Waals surface area contributed by atoms with Crippen molar-refractivity contribution in [2.75, 3.05) is 40.1 Å². The Hall–Kier alpha value is -7.85. The lowest BCUT2D eigenvalue weighted by molar-refractivity contribution is -0.153. The summed E-state index contributed by atoms with van der Waals surface area (Å²) < 4.78 is 60.0. The summed E-state index contributed by atoms with van der Waals surface area (Å²) in [6.07, 6.45) is -13.5. The number of H-pyrrole nitrogens is 5. The second-order valence-electron chi connectivity index (χ2n) is 31.3. The smallest absolute Gasteiger partial charge is 0.371 e. The Kier molecular flexibility index (Phi) is 37.8. The Morgan fingerprint density at radius 3 is 1.07 bits per heavy atom. The van der Waals surface area contributed by atoms with E-state index < -0.39 is 221 Å². The number of methoxy groups -OCH3 is 1. The molecule has 0 aromatic carbocycles. The van der Waals surface area contributed by atoms with Crippen LogP contribution in [-0.4, -0.2) is 264 Å². The number of aldehydes is 1. The molecule has 49 heteroatoms. The summed E-state index contributed by atoms with van der Waals surface area (Å²) in [5.74, 6) is -2.73. The van der Waals surface area contributed by atoms with Crippen molar-refractivity contribution in [2.24, 2.45) is 11.8 Å². The number of halogens is 2. The van der Waals surface area contributed by atoms with Crippen molar-refractivity contribution in [3.63, 3.8) is 0 Å². The van der Waals surface area contributed by atoms with Gasteiger partial charge in [0.2, 0.25) is 6.29 Å². The molecule has 680 valence electrons. The van der Waals surface area contributed by atoms with Crippen molar-refractivity contribution in [3.8, 4) is 0 Å². The zero-order valence-corrected chi connectivity index (χ0v) is 74.6. The predicted molar refractivity (Wildman–Crippen MR) is 433 cm³/mol. The van der Waals surface area contributed by atoms with E-state index in [1.54, 1.807) is 13.8 Å². The summed E-state index contributed by atoms with van der Waals surface area (Å²) in [4.78, 5) is 171. The molecule has 0 bridgehead atoms. The minimum absolute atomic E-state index is 0.00128. The maximum absolute atomic E-state index is 12.7. The fourth-order valence-corrected chi connectivity index (χ4v) is 15.6. The number of aliphatic hydroxyl groups excluding tert-OH is 11. The molecule has 5 fully saturated rings. The van der Waals surface area contributed by atoms with Crippen LogP contribution in [-0.2, 0) is 65.9 Å². The van der Waals surface area contributed by atoms with Gasteiger partial charge in [0.15, 0.2) is 60.0 Å². The second kappa shape index (κ2) is 44.2. The number of aromatic amines is 5. The first-order valence-electron chi connectivity index (χ1n) is 38.1. The summed E-state index contributed by atoms with van der Waals surface area (Å²) in [6, 6.07) is 1.09. The highest BCUT2D eigenvalue weighted by Crippen LogP contribution is 2.46. The lowest BCUT2D eigenvalue weighted by Gasteiger charge is -2.40. The van der Waals surface area contributed by atoms with Crippen LogP contribution in [0, 0.1) is 11.8 Å². The summed E-state index contributed by atoms with van der Waals surface area (Å²) in [5, 5.41) is 105. The van der Waals surface area contributed by atoms with Crippen molar-refractivity contribution < 1.29 is 122 Å². The summed E-state index contributed by atoms with van der Waals surface area (Å²) in [5.41, 5.74) is -7.97. The number of carbonyl (C=O) groups excluding carboxylic acids is 4. The normalized spacial score (nSPS) is 27.5. The largest absolute Gasteiger partial charge is 0.467 e. The van der Waals surface area contributed by atoms with Gasteiger partial charge in [0.05, 0.1) is 84.6 Å². The van der Waals surface area contributed by atoms with Gasteiger partial charge in [-0.25, -0.2) is 38.4 Å². The van der Waals surface area contributed by atoms with E-state index in [2.05, 4.69) is 133 Å². The number of nitrogens with one attached hydrogen (secondary N) is 5. The van der Waals surface area contributed by atoms with Crippen LogP contribution in [0.25, 0.3) is 0 Å². The fourth-order valence-electron chi connectivity index (χ4n) is 12.2. The Labute approximate surface area is 707 Å². The lowest BCUT2D eigenvalue weighted by Crippen LogP contribution is -2.48. The molecular weight excluding hydrogens is 1780 g/mol. The number of nitrogens with zero attached hydrogens (tertiary/aromatic N) is 5. The molecule has 5 aromatic rings. The fraction of sp³-hybridized carbons (Fsp3) is 0.667. The Morgan fingerprint density at radius 1 is 0.471 bits per heavy atom. The summed E-state index contributed by atoms with van der Waals surface area (Å²) in [7, 11) is -3.26. The van der Waals surface area contributed by atoms with Crippen molar-refractivity contribution in [3.05, 3.63) is 161 Å². The van der Waals surface area contributed by atoms with Gasteiger partial charge in [-0.1, -0.05) is 69.2 Å². The van der Waals surface area contributed by atoms with Crippen LogP contribution in [0.3, 0.4) is 0 Å². The van der Waals surface area contributed by atoms with Crippen LogP contribution in [0.5, 0.6) is 0 Å². The Balaban J connectivity index is 0.000000267. The molecule has 0 amide bonds. The van der Waals surface area contributed by atoms with Gasteiger partial charge in [-0.3, -0.25) is 76.5 Å². The highest BCUT2D eigenvalue weighted by atomic mass is 79.9. The van der Waals surface area contributed by atoms with Crippen LogP contribution in [0.2, 0.25) is 36.3 Å². The molecule has 5 aromatic heterocycles. The van der Waals surface area contributed by atoms with Gasteiger partial charge >= 0.3 is 46.4 Å². The number of aromatic nitrogens is 10. The molecule has 16 N–H and O–H groups in total. The average Bonchev–Trinajstić information content (AvgIpc) is 1.66. The van der Waals surface area contributed by atoms with E-state index in [4.69, 9.17) is 52.6 Å². The third-order valence-corrected chi connectivity index (χ3v) is 31.3. The molecule has 10 rings (SSSR count). The Morgan fingerprint density at radius 2 is 0.777 bits per heavy atom. The molecule has 5 aliphatic rings. The van der Waals surface area contributed by atoms with Crippen molar-refractivity contribution in [1.29, 1.82) is 0 Å². The van der Waals surface area contributed by atoms with E-state index in [1.807, 2.05) is 28.8 Å². The molecule has 0 aliphatic carbocycles. The van der Waals surface area contributed by atoms with Gasteiger partial charge in [-0.2, -0.15) is 0 Å². The van der Waals surface area contributed by atoms with Gasteiger partial charge in [-0.15, -0.1) is 0 Å². The first kappa shape index (κ1) is 104. The van der Waals surface area contributed by atoms with Crippen molar-refractivity contribution >= 4 is 72.7 Å². The van der Waals surface area contributed by atoms with E-state index >= 15 is 0 Å². The van der Waals surface area contributed by atoms with Crippen molar-refractivity contribution in [1.82, 2.24) is 47.8 Å². The van der Waals surface area contributed by atoms with E-state index in [-0.39, 0.29) is 69.8 Å². The van der Waals surface area contributed by atoms with E-state index in [1.165, 1.54) is 21.5 Å². The molecule has 45 nitrogen and oxygen atoms in total. The first-order chi connectivity index (χ1) is 56.2. The standard InChI is InChI=1S/C21H36N2O7Si.C17H29BrN2O4Si.C12H16N2O9.C9H11BrN2O6.C9H12N2O6.C4H6O3/c1-9-14-12(3)16(30-31(7,8)21(4,5)6)18(29-14)23-11-13(17(25)22-20(23)27)15(24)19(26)28-10-2;1-8-12-10(2)13(24-25(6,7)17(3,4)5)15(23-12)20-9-11(18)14(21)19-16(20)22;1-22-11(20)6(16)4-2-14(12(21)13-9(4)19)10-8(18)7(17)5(3-15)23-10;10-3-1-12(9(17)11-7(3)16)8-6(15)5(14)4(2-13)18-8;12-3-4-6(14)7(15)8(17-4)11-2-1-5(13)10-9(11)16;1-2-7-4(6)3-5/h11-12,14-16,18,24H,9-10H2,1-8H3,(H,22,25,27);9-10,12-13,15H,8H2,1-7H3,(H,19,21,22);2,5-8,10,15-18H,3H2,1H3,(H,13,19,21);1,4-6,8,13-15H,2H2,(H,11,16,17);1-2,4,6-8,12,14-15H,3H2,(H,10,13,16);3H,2H2,1H3/t12?,14-,15?,16+,18-;10?,12-,13+,15-;5-,6?,7?,8+,10-;4-,5?,6+,8-;4-,6?,7+,8-;/m11111./s1. The number of esters is 3. The molecule has 121 heavy (non-hydrogen) atoms. The molecule has 0 saturated carbocycles. The van der Waals surface area contributed by atoms with Crippen LogP contribution >= 0.6 is 31.9 Å². The van der Waals surface area contributed by atoms with E-state index in [9.17, 15) is 108 Å². The molecule has 22 atom stereocenters. The van der Waals surface area contributed by atoms with Crippen LogP contribution < -0.4 is 56.2 Å². The third-order valence-electron chi connectivity index (χ3n) is 21.2. The van der Waals surface area contributed by atoms with Crippen LogP contribution in [0.1, 0.15) is 150 Å². The van der Waals surface area contributed by atoms with Gasteiger partial charge in [0, 0.05) is 48.9 Å². The highest BCUT2D eigenvalue weighted by molar-refractivity contribution is 9.10. The number of carbonyl (C=O) groups is 4. The average molecular weight is 1890 g/mol. The van der Waals surface area contributed by atoms with E-state index in [0.29, 0.717) is 9.04 Å². The molecule has 5 aliphatic heterocycles. The third kappa shape index (κ3) is 25.0. The predicted octanol–water partition coefficient (Wildman–Crippen LogP) is -2.74. The van der Waals surface area contributed by atoms with Crippen LogP contribution in [0.4, 0.5) is 0 Å². The monoisotopic (exact) mass is 1890 g/mol. The zero-order chi connectivity index (χ0) is 91.9. The molecule has 7 unspecified atom stereocenters. The molecule has 0 spiro atoms. The number of hydrogen-bond donors (Lipinski definition) is 16. The minimum Gasteiger partial charge on any atom is -0.467 e. The molecular formula is C72H110Br2N10O35Si2.